The smallest absolute Gasteiger partial charge is 0.267 e. The fourth-order valence-electron chi connectivity index (χ4n) is 5.58. The van der Waals surface area contributed by atoms with Crippen molar-refractivity contribution in [3.05, 3.63) is 64.8 Å². The van der Waals surface area contributed by atoms with Crippen LogP contribution in [-0.4, -0.2) is 48.6 Å². The molecule has 2 atom stereocenters. The summed E-state index contributed by atoms with van der Waals surface area (Å²) in [4.78, 5) is 16.1. The van der Waals surface area contributed by atoms with E-state index in [0.717, 1.165) is 29.4 Å². The van der Waals surface area contributed by atoms with Crippen molar-refractivity contribution in [1.82, 2.24) is 15.6 Å². The Morgan fingerprint density at radius 3 is 2.52 bits per heavy atom. The van der Waals surface area contributed by atoms with Gasteiger partial charge in [0.2, 0.25) is 0 Å². The minimum absolute atomic E-state index is 0.0280. The molecule has 1 aliphatic rings. The maximum Gasteiger partial charge on any atom is 0.267 e. The number of benzene rings is 2. The van der Waals surface area contributed by atoms with Crippen molar-refractivity contribution in [2.45, 2.75) is 103 Å². The van der Waals surface area contributed by atoms with Crippen molar-refractivity contribution >= 4 is 25.1 Å². The first-order chi connectivity index (χ1) is 19.9. The number of carbonyl (C=O) groups is 1. The van der Waals surface area contributed by atoms with Crippen LogP contribution in [0.5, 0.6) is 5.75 Å². The second-order valence-electron chi connectivity index (χ2n) is 13.7. The van der Waals surface area contributed by atoms with Crippen LogP contribution in [0.3, 0.4) is 0 Å². The average Bonchev–Trinajstić information content (AvgIpc) is 3.38. The highest BCUT2D eigenvalue weighted by Gasteiger charge is 2.39. The van der Waals surface area contributed by atoms with Gasteiger partial charge in [-0.1, -0.05) is 52.2 Å². The highest BCUT2D eigenvalue weighted by molar-refractivity contribution is 6.74. The fraction of sp³-hybridized carbons (Fsp3) is 0.559. The zero-order chi connectivity index (χ0) is 30.5. The van der Waals surface area contributed by atoms with E-state index in [1.165, 1.54) is 37.7 Å². The molecule has 0 aliphatic heterocycles. The van der Waals surface area contributed by atoms with Crippen molar-refractivity contribution < 1.29 is 19.4 Å². The van der Waals surface area contributed by atoms with E-state index in [0.29, 0.717) is 23.7 Å². The molecule has 0 saturated heterocycles. The summed E-state index contributed by atoms with van der Waals surface area (Å²) in [5.74, 6) is 0.670. The quantitative estimate of drug-likeness (QED) is 0.146. The number of phenols is 1. The SMILES string of the molecule is C[C@H](Cc1ccc2[nH]c(C(=O)NCC3CCCCC3)cc2c1)NC[C@@H](O[Si](C)(C)C(C)(C)C)c1ccc(O)c(CO)c1. The number of aromatic hydroxyl groups is 1. The summed E-state index contributed by atoms with van der Waals surface area (Å²) < 4.78 is 6.84. The number of aromatic amines is 1. The predicted octanol–water partition coefficient (Wildman–Crippen LogP) is 6.96. The van der Waals surface area contributed by atoms with Gasteiger partial charge in [0.15, 0.2) is 8.32 Å². The number of aliphatic hydroxyl groups excluding tert-OH is 1. The molecule has 5 N–H and O–H groups in total. The van der Waals surface area contributed by atoms with Crippen LogP contribution < -0.4 is 10.6 Å². The lowest BCUT2D eigenvalue weighted by molar-refractivity contribution is 0.0939. The fourth-order valence-corrected chi connectivity index (χ4v) is 6.87. The van der Waals surface area contributed by atoms with Crippen LogP contribution in [0.25, 0.3) is 10.9 Å². The molecule has 1 amide bonds. The third-order valence-electron chi connectivity index (χ3n) is 9.29. The van der Waals surface area contributed by atoms with Crippen molar-refractivity contribution in [1.29, 1.82) is 0 Å². The molecule has 4 rings (SSSR count). The van der Waals surface area contributed by atoms with E-state index < -0.39 is 8.32 Å². The van der Waals surface area contributed by atoms with E-state index in [9.17, 15) is 15.0 Å². The Kier molecular flexibility index (Phi) is 10.6. The maximum atomic E-state index is 12.8. The lowest BCUT2D eigenvalue weighted by atomic mass is 9.89. The number of H-pyrrole nitrogens is 1. The van der Waals surface area contributed by atoms with E-state index in [4.69, 9.17) is 4.43 Å². The van der Waals surface area contributed by atoms with Crippen LogP contribution in [0, 0.1) is 5.92 Å². The highest BCUT2D eigenvalue weighted by Crippen LogP contribution is 2.40. The van der Waals surface area contributed by atoms with Crippen LogP contribution in [0.2, 0.25) is 18.1 Å². The molecule has 1 fully saturated rings. The largest absolute Gasteiger partial charge is 0.508 e. The Morgan fingerprint density at radius 1 is 1.10 bits per heavy atom. The molecule has 0 bridgehead atoms. The molecule has 42 heavy (non-hydrogen) atoms. The van der Waals surface area contributed by atoms with Crippen molar-refractivity contribution in [3.8, 4) is 5.75 Å². The van der Waals surface area contributed by atoms with Gasteiger partial charge < -0.3 is 30.3 Å². The standard InChI is InChI=1S/C34H51N3O4Si/c1-23(35-21-32(41-42(5,6)34(2,3)4)26-13-15-31(39)28(18-26)22-38)16-25-12-14-29-27(17-25)19-30(37-29)33(40)36-20-24-10-8-7-9-11-24/h12-15,17-19,23-24,32,35,37-39H,7-11,16,20-22H2,1-6H3,(H,36,40)/t23-,32-/m1/s1. The molecular formula is C34H51N3O4Si. The molecule has 1 saturated carbocycles. The summed E-state index contributed by atoms with van der Waals surface area (Å²) in [6, 6.07) is 13.9. The van der Waals surface area contributed by atoms with Gasteiger partial charge in [-0.15, -0.1) is 0 Å². The first-order valence-corrected chi connectivity index (χ1v) is 18.5. The zero-order valence-corrected chi connectivity index (χ0v) is 27.3. The summed E-state index contributed by atoms with van der Waals surface area (Å²) in [6.45, 7) is 14.5. The number of fused-ring (bicyclic) bond motifs is 1. The molecule has 2 aromatic carbocycles. The number of aromatic nitrogens is 1. The van der Waals surface area contributed by atoms with Gasteiger partial charge in [0.1, 0.15) is 11.4 Å². The lowest BCUT2D eigenvalue weighted by Crippen LogP contribution is -2.44. The third kappa shape index (κ3) is 8.25. The van der Waals surface area contributed by atoms with Crippen LogP contribution >= 0.6 is 0 Å². The molecule has 1 aromatic heterocycles. The molecule has 1 aliphatic carbocycles. The summed E-state index contributed by atoms with van der Waals surface area (Å²) in [7, 11) is -2.09. The van der Waals surface area contributed by atoms with Gasteiger partial charge in [-0.05, 0) is 91.7 Å². The van der Waals surface area contributed by atoms with Crippen LogP contribution in [0.4, 0.5) is 0 Å². The minimum atomic E-state index is -2.09. The predicted molar refractivity (Wildman–Crippen MR) is 173 cm³/mol. The molecule has 230 valence electrons. The van der Waals surface area contributed by atoms with Gasteiger partial charge in [-0.3, -0.25) is 4.79 Å². The Labute approximate surface area is 252 Å². The topological polar surface area (TPSA) is 107 Å². The third-order valence-corrected chi connectivity index (χ3v) is 13.8. The molecule has 0 spiro atoms. The number of rotatable bonds is 12. The summed E-state index contributed by atoms with van der Waals surface area (Å²) in [5.41, 5.74) is 4.24. The number of carbonyl (C=O) groups excluding carboxylic acids is 1. The normalized spacial score (nSPS) is 16.5. The molecule has 0 unspecified atom stereocenters. The average molecular weight is 594 g/mol. The zero-order valence-electron chi connectivity index (χ0n) is 26.3. The van der Waals surface area contributed by atoms with Crippen LogP contribution in [-0.2, 0) is 17.5 Å². The summed E-state index contributed by atoms with van der Waals surface area (Å²) in [5, 5.41) is 27.7. The second-order valence-corrected chi connectivity index (χ2v) is 18.5. The van der Waals surface area contributed by atoms with E-state index in [2.05, 4.69) is 74.6 Å². The Morgan fingerprint density at radius 2 is 1.83 bits per heavy atom. The number of hydrogen-bond donors (Lipinski definition) is 5. The lowest BCUT2D eigenvalue weighted by Gasteiger charge is -2.40. The van der Waals surface area contributed by atoms with Crippen molar-refractivity contribution in [2.24, 2.45) is 5.92 Å². The van der Waals surface area contributed by atoms with Gasteiger partial charge in [0.05, 0.1) is 12.7 Å². The van der Waals surface area contributed by atoms with E-state index in [1.54, 1.807) is 6.07 Å². The number of nitrogens with one attached hydrogen (secondary N) is 3. The molecule has 7 nitrogen and oxygen atoms in total. The van der Waals surface area contributed by atoms with E-state index >= 15 is 0 Å². The van der Waals surface area contributed by atoms with E-state index in [1.807, 2.05) is 18.2 Å². The van der Waals surface area contributed by atoms with Crippen molar-refractivity contribution in [3.63, 3.8) is 0 Å². The van der Waals surface area contributed by atoms with Gasteiger partial charge >= 0.3 is 0 Å². The summed E-state index contributed by atoms with van der Waals surface area (Å²) >= 11 is 0. The Balaban J connectivity index is 1.40. The molecule has 8 heteroatoms. The Hall–Kier alpha value is -2.65. The molecule has 0 radical (unpaired) electrons. The van der Waals surface area contributed by atoms with E-state index in [-0.39, 0.29) is 35.4 Å². The number of hydrogen-bond acceptors (Lipinski definition) is 5. The Bertz CT molecular complexity index is 1340. The first-order valence-electron chi connectivity index (χ1n) is 15.6. The van der Waals surface area contributed by atoms with Crippen molar-refractivity contribution in [2.75, 3.05) is 13.1 Å². The highest BCUT2D eigenvalue weighted by atomic mass is 28.4. The molecule has 1 heterocycles. The molecular weight excluding hydrogens is 542 g/mol. The number of aliphatic hydroxyl groups is 1. The maximum absolute atomic E-state index is 12.8. The number of amides is 1. The first kappa shape index (κ1) is 32.3. The minimum Gasteiger partial charge on any atom is -0.508 e. The van der Waals surface area contributed by atoms with Gasteiger partial charge in [0, 0.05) is 35.6 Å². The van der Waals surface area contributed by atoms with Crippen LogP contribution in [0.1, 0.15) is 93.1 Å². The molecule has 3 aromatic rings. The van der Waals surface area contributed by atoms with Gasteiger partial charge in [0.25, 0.3) is 5.91 Å². The van der Waals surface area contributed by atoms with Crippen LogP contribution in [0.15, 0.2) is 42.5 Å². The van der Waals surface area contributed by atoms with Gasteiger partial charge in [-0.25, -0.2) is 0 Å². The second kappa shape index (κ2) is 13.8. The van der Waals surface area contributed by atoms with Gasteiger partial charge in [-0.2, -0.15) is 0 Å². The summed E-state index contributed by atoms with van der Waals surface area (Å²) in [6.07, 6.45) is 6.91. The monoisotopic (exact) mass is 593 g/mol.